The molecule has 0 unspecified atom stereocenters. The molecule has 0 aliphatic heterocycles. The van der Waals surface area contributed by atoms with Gasteiger partial charge >= 0.3 is 6.18 Å². The molecular weight excluding hydrogens is 281 g/mol. The van der Waals surface area contributed by atoms with Gasteiger partial charge in [-0.25, -0.2) is 0 Å². The molecule has 0 amide bonds. The van der Waals surface area contributed by atoms with E-state index in [9.17, 15) is 13.2 Å². The number of aliphatic hydroxyl groups excluding tert-OH is 1. The number of alkyl halides is 3. The fourth-order valence-corrected chi connectivity index (χ4v) is 1.98. The van der Waals surface area contributed by atoms with Gasteiger partial charge in [0.15, 0.2) is 0 Å². The highest BCUT2D eigenvalue weighted by Gasteiger charge is 2.33. The zero-order valence-electron chi connectivity index (χ0n) is 11.7. The van der Waals surface area contributed by atoms with Gasteiger partial charge in [-0.3, -0.25) is 0 Å². The van der Waals surface area contributed by atoms with Crippen LogP contribution in [0, 0.1) is 13.8 Å². The van der Waals surface area contributed by atoms with Crippen LogP contribution in [-0.2, 0) is 12.8 Å². The lowest BCUT2D eigenvalue weighted by Crippen LogP contribution is -2.09. The average molecular weight is 296 g/mol. The zero-order chi connectivity index (χ0) is 15.6. The molecule has 0 aromatic heterocycles. The van der Waals surface area contributed by atoms with Gasteiger partial charge in [0.25, 0.3) is 0 Å². The summed E-state index contributed by atoms with van der Waals surface area (Å²) in [4.78, 5) is 0. The van der Waals surface area contributed by atoms with Crippen LogP contribution >= 0.6 is 0 Å². The van der Waals surface area contributed by atoms with Crippen molar-refractivity contribution in [1.29, 1.82) is 0 Å². The molecule has 0 saturated carbocycles. The van der Waals surface area contributed by atoms with Crippen molar-refractivity contribution < 1.29 is 23.0 Å². The molecule has 5 heteroatoms. The maximum atomic E-state index is 12.9. The molecule has 21 heavy (non-hydrogen) atoms. The fourth-order valence-electron chi connectivity index (χ4n) is 1.98. The Morgan fingerprint density at radius 2 is 1.81 bits per heavy atom. The van der Waals surface area contributed by atoms with Crippen LogP contribution in [0.2, 0.25) is 0 Å². The molecule has 0 radical (unpaired) electrons. The van der Waals surface area contributed by atoms with Crippen LogP contribution in [0.1, 0.15) is 22.3 Å². The topological polar surface area (TPSA) is 29.5 Å². The molecule has 0 bridgehead atoms. The van der Waals surface area contributed by atoms with Crippen LogP contribution in [-0.4, -0.2) is 5.11 Å². The van der Waals surface area contributed by atoms with Gasteiger partial charge in [0, 0.05) is 0 Å². The highest BCUT2D eigenvalue weighted by atomic mass is 19.4. The maximum Gasteiger partial charge on any atom is 0.416 e. The molecule has 2 rings (SSSR count). The second kappa shape index (κ2) is 5.77. The van der Waals surface area contributed by atoms with Gasteiger partial charge < -0.3 is 9.84 Å². The van der Waals surface area contributed by atoms with Crippen molar-refractivity contribution in [3.8, 4) is 11.5 Å². The fraction of sp³-hybridized carbons (Fsp3) is 0.250. The van der Waals surface area contributed by atoms with Crippen molar-refractivity contribution in [2.24, 2.45) is 0 Å². The largest absolute Gasteiger partial charge is 0.457 e. The van der Waals surface area contributed by atoms with E-state index in [1.54, 1.807) is 12.1 Å². The quantitative estimate of drug-likeness (QED) is 0.896. The monoisotopic (exact) mass is 296 g/mol. The predicted molar refractivity (Wildman–Crippen MR) is 73.4 cm³/mol. The molecule has 0 spiro atoms. The summed E-state index contributed by atoms with van der Waals surface area (Å²) < 4.78 is 44.3. The van der Waals surface area contributed by atoms with Crippen LogP contribution in [0.15, 0.2) is 36.4 Å². The van der Waals surface area contributed by atoms with E-state index in [0.29, 0.717) is 5.75 Å². The third-order valence-corrected chi connectivity index (χ3v) is 3.34. The SMILES string of the molecule is Cc1cccc(Oc2ccc(CO)c(C(F)(F)F)c2)c1C. The summed E-state index contributed by atoms with van der Waals surface area (Å²) in [6, 6.07) is 8.94. The van der Waals surface area contributed by atoms with Gasteiger partial charge in [-0.1, -0.05) is 18.2 Å². The van der Waals surface area contributed by atoms with E-state index in [1.807, 2.05) is 19.9 Å². The van der Waals surface area contributed by atoms with Crippen LogP contribution in [0.25, 0.3) is 0 Å². The summed E-state index contributed by atoms with van der Waals surface area (Å²) in [7, 11) is 0. The number of rotatable bonds is 3. The molecule has 2 aromatic rings. The smallest absolute Gasteiger partial charge is 0.416 e. The van der Waals surface area contributed by atoms with E-state index in [4.69, 9.17) is 9.84 Å². The Labute approximate surface area is 120 Å². The highest BCUT2D eigenvalue weighted by Crippen LogP contribution is 2.36. The van der Waals surface area contributed by atoms with Crippen LogP contribution < -0.4 is 4.74 Å². The van der Waals surface area contributed by atoms with Gasteiger partial charge in [0.05, 0.1) is 12.2 Å². The summed E-state index contributed by atoms with van der Waals surface area (Å²) in [5.41, 5.74) is 0.816. The molecule has 0 saturated heterocycles. The third-order valence-electron chi connectivity index (χ3n) is 3.34. The summed E-state index contributed by atoms with van der Waals surface area (Å²) in [6.45, 7) is 3.08. The van der Waals surface area contributed by atoms with Gasteiger partial charge in [-0.05, 0) is 48.7 Å². The number of hydrogen-bond donors (Lipinski definition) is 1. The highest BCUT2D eigenvalue weighted by molar-refractivity contribution is 5.44. The van der Waals surface area contributed by atoms with E-state index in [0.717, 1.165) is 17.2 Å². The Morgan fingerprint density at radius 3 is 2.43 bits per heavy atom. The summed E-state index contributed by atoms with van der Waals surface area (Å²) >= 11 is 0. The third kappa shape index (κ3) is 3.36. The molecule has 0 fully saturated rings. The van der Waals surface area contributed by atoms with Crippen molar-refractivity contribution in [2.45, 2.75) is 26.6 Å². The first-order valence-electron chi connectivity index (χ1n) is 6.38. The van der Waals surface area contributed by atoms with E-state index in [2.05, 4.69) is 0 Å². The Hall–Kier alpha value is -2.01. The molecular formula is C16H15F3O2. The molecule has 0 aliphatic rings. The molecule has 0 aliphatic carbocycles. The van der Waals surface area contributed by atoms with Crippen LogP contribution in [0.4, 0.5) is 13.2 Å². The number of ether oxygens (including phenoxy) is 1. The van der Waals surface area contributed by atoms with Crippen LogP contribution in [0.5, 0.6) is 11.5 Å². The summed E-state index contributed by atoms with van der Waals surface area (Å²) in [5.74, 6) is 0.605. The lowest BCUT2D eigenvalue weighted by molar-refractivity contribution is -0.138. The number of halogens is 3. The van der Waals surface area contributed by atoms with E-state index in [1.165, 1.54) is 12.1 Å². The minimum Gasteiger partial charge on any atom is -0.457 e. The van der Waals surface area contributed by atoms with E-state index < -0.39 is 18.3 Å². The molecule has 2 aromatic carbocycles. The first-order valence-corrected chi connectivity index (χ1v) is 6.38. The molecule has 2 nitrogen and oxygen atoms in total. The first kappa shape index (κ1) is 15.4. The molecule has 0 atom stereocenters. The maximum absolute atomic E-state index is 12.9. The van der Waals surface area contributed by atoms with Gasteiger partial charge in [0.2, 0.25) is 0 Å². The van der Waals surface area contributed by atoms with Gasteiger partial charge in [0.1, 0.15) is 11.5 Å². The molecule has 0 heterocycles. The first-order chi connectivity index (χ1) is 9.82. The zero-order valence-corrected chi connectivity index (χ0v) is 11.7. The standard InChI is InChI=1S/C16H15F3O2/c1-10-4-3-5-15(11(10)2)21-13-7-6-12(9-20)14(8-13)16(17,18)19/h3-8,20H,9H2,1-2H3. The number of aryl methyl sites for hydroxylation is 1. The van der Waals surface area contributed by atoms with Crippen molar-refractivity contribution in [3.05, 3.63) is 58.7 Å². The Kier molecular flexibility index (Phi) is 4.23. The average Bonchev–Trinajstić information content (AvgIpc) is 2.43. The second-order valence-electron chi connectivity index (χ2n) is 4.77. The summed E-state index contributed by atoms with van der Waals surface area (Å²) in [5, 5.41) is 9.00. The second-order valence-corrected chi connectivity index (χ2v) is 4.77. The number of aliphatic hydroxyl groups is 1. The minimum atomic E-state index is -4.53. The lowest BCUT2D eigenvalue weighted by atomic mass is 10.1. The Balaban J connectivity index is 2.40. The Bertz CT molecular complexity index is 648. The van der Waals surface area contributed by atoms with Gasteiger partial charge in [-0.2, -0.15) is 13.2 Å². The Morgan fingerprint density at radius 1 is 1.10 bits per heavy atom. The summed E-state index contributed by atoms with van der Waals surface area (Å²) in [6.07, 6.45) is -4.53. The van der Waals surface area contributed by atoms with Crippen molar-refractivity contribution in [1.82, 2.24) is 0 Å². The van der Waals surface area contributed by atoms with E-state index in [-0.39, 0.29) is 11.3 Å². The van der Waals surface area contributed by atoms with Crippen molar-refractivity contribution >= 4 is 0 Å². The van der Waals surface area contributed by atoms with Gasteiger partial charge in [-0.15, -0.1) is 0 Å². The minimum absolute atomic E-state index is 0.0909. The number of benzene rings is 2. The van der Waals surface area contributed by atoms with Crippen molar-refractivity contribution in [3.63, 3.8) is 0 Å². The van der Waals surface area contributed by atoms with Crippen LogP contribution in [0.3, 0.4) is 0 Å². The lowest BCUT2D eigenvalue weighted by Gasteiger charge is -2.15. The normalized spacial score (nSPS) is 11.5. The number of hydrogen-bond acceptors (Lipinski definition) is 2. The van der Waals surface area contributed by atoms with Crippen molar-refractivity contribution in [2.75, 3.05) is 0 Å². The predicted octanol–water partition coefficient (Wildman–Crippen LogP) is 4.61. The van der Waals surface area contributed by atoms with E-state index >= 15 is 0 Å². The molecule has 1 N–H and O–H groups in total. The molecule has 112 valence electrons.